The highest BCUT2D eigenvalue weighted by molar-refractivity contribution is 7.91. The molecular formula is C22H24N2O4S. The molecule has 3 aromatic rings. The number of hydrogen-bond donors (Lipinski definition) is 0. The Bertz CT molecular complexity index is 1080. The third-order valence-corrected chi connectivity index (χ3v) is 6.56. The Morgan fingerprint density at radius 3 is 2.21 bits per heavy atom. The molecule has 1 aliphatic rings. The van der Waals surface area contributed by atoms with Crippen molar-refractivity contribution in [3.05, 3.63) is 60.2 Å². The summed E-state index contributed by atoms with van der Waals surface area (Å²) in [6, 6.07) is 16.0. The standard InChI is InChI=1S/C22H24N2O4S/c1-15-9-11-18(12-10-15)20-23-21(29(25,26)19-7-5-4-6-8-19)22(28-20)24-13-16(2)27-17(3)14-24/h4-12,16-17H,13-14H2,1-3H3/t16-,17+. The molecule has 1 saturated heterocycles. The van der Waals surface area contributed by atoms with Crippen LogP contribution in [0.2, 0.25) is 0 Å². The van der Waals surface area contributed by atoms with Gasteiger partial charge < -0.3 is 14.1 Å². The molecule has 1 aromatic heterocycles. The first-order valence-electron chi connectivity index (χ1n) is 9.63. The number of morpholine rings is 1. The smallest absolute Gasteiger partial charge is 0.236 e. The Labute approximate surface area is 171 Å². The third-order valence-electron chi connectivity index (χ3n) is 4.89. The molecule has 152 valence electrons. The predicted molar refractivity (Wildman–Crippen MR) is 111 cm³/mol. The van der Waals surface area contributed by atoms with Gasteiger partial charge in [-0.05, 0) is 45.0 Å². The van der Waals surface area contributed by atoms with E-state index in [2.05, 4.69) is 4.98 Å². The Hall–Kier alpha value is -2.64. The Morgan fingerprint density at radius 1 is 0.966 bits per heavy atom. The van der Waals surface area contributed by atoms with Crippen molar-refractivity contribution < 1.29 is 17.6 Å². The van der Waals surface area contributed by atoms with Crippen LogP contribution in [0.15, 0.2) is 68.9 Å². The summed E-state index contributed by atoms with van der Waals surface area (Å²) in [5.41, 5.74) is 1.84. The average molecular weight is 413 g/mol. The van der Waals surface area contributed by atoms with Crippen LogP contribution in [0.3, 0.4) is 0 Å². The lowest BCUT2D eigenvalue weighted by molar-refractivity contribution is -0.00657. The molecule has 0 aliphatic carbocycles. The summed E-state index contributed by atoms with van der Waals surface area (Å²) in [4.78, 5) is 6.56. The fourth-order valence-corrected chi connectivity index (χ4v) is 4.89. The van der Waals surface area contributed by atoms with E-state index >= 15 is 0 Å². The quantitative estimate of drug-likeness (QED) is 0.642. The van der Waals surface area contributed by atoms with Crippen LogP contribution < -0.4 is 4.90 Å². The van der Waals surface area contributed by atoms with E-state index in [0.717, 1.165) is 11.1 Å². The van der Waals surface area contributed by atoms with Crippen molar-refractivity contribution in [1.29, 1.82) is 0 Å². The maximum atomic E-state index is 13.4. The van der Waals surface area contributed by atoms with Crippen molar-refractivity contribution in [2.45, 2.75) is 42.9 Å². The molecule has 0 radical (unpaired) electrons. The summed E-state index contributed by atoms with van der Waals surface area (Å²) in [5.74, 6) is 0.563. The van der Waals surface area contributed by atoms with Gasteiger partial charge >= 0.3 is 0 Å². The van der Waals surface area contributed by atoms with Gasteiger partial charge in [-0.15, -0.1) is 0 Å². The molecular weight excluding hydrogens is 388 g/mol. The maximum Gasteiger partial charge on any atom is 0.236 e. The fourth-order valence-electron chi connectivity index (χ4n) is 3.55. The molecule has 2 aromatic carbocycles. The maximum absolute atomic E-state index is 13.4. The highest BCUT2D eigenvalue weighted by Gasteiger charge is 2.34. The molecule has 1 fully saturated rings. The normalized spacial score (nSPS) is 20.0. The van der Waals surface area contributed by atoms with Crippen LogP contribution in [0.1, 0.15) is 19.4 Å². The summed E-state index contributed by atoms with van der Waals surface area (Å²) in [6.07, 6.45) is -0.0853. The van der Waals surface area contributed by atoms with Gasteiger partial charge in [-0.1, -0.05) is 35.9 Å². The van der Waals surface area contributed by atoms with E-state index < -0.39 is 9.84 Å². The molecule has 0 saturated carbocycles. The number of aromatic nitrogens is 1. The minimum absolute atomic E-state index is 0.0426. The number of rotatable bonds is 4. The van der Waals surface area contributed by atoms with Crippen molar-refractivity contribution >= 4 is 15.7 Å². The molecule has 0 spiro atoms. The van der Waals surface area contributed by atoms with Gasteiger partial charge in [0.05, 0.1) is 17.1 Å². The largest absolute Gasteiger partial charge is 0.419 e. The first-order valence-corrected chi connectivity index (χ1v) is 11.1. The number of oxazole rings is 1. The average Bonchev–Trinajstić information content (AvgIpc) is 3.15. The minimum Gasteiger partial charge on any atom is -0.419 e. The molecule has 4 rings (SSSR count). The zero-order valence-corrected chi connectivity index (χ0v) is 17.5. The van der Waals surface area contributed by atoms with Crippen LogP contribution in [-0.2, 0) is 14.6 Å². The lowest BCUT2D eigenvalue weighted by atomic mass is 10.1. The monoisotopic (exact) mass is 412 g/mol. The van der Waals surface area contributed by atoms with Crippen LogP contribution in [0.25, 0.3) is 11.5 Å². The van der Waals surface area contributed by atoms with E-state index in [0.29, 0.717) is 19.0 Å². The van der Waals surface area contributed by atoms with E-state index in [1.807, 2.05) is 49.9 Å². The number of aryl methyl sites for hydroxylation is 1. The molecule has 29 heavy (non-hydrogen) atoms. The van der Waals surface area contributed by atoms with Gasteiger partial charge in [-0.25, -0.2) is 8.42 Å². The molecule has 7 heteroatoms. The zero-order valence-electron chi connectivity index (χ0n) is 16.7. The first-order chi connectivity index (χ1) is 13.8. The summed E-state index contributed by atoms with van der Waals surface area (Å²) in [5, 5.41) is -0.0550. The minimum atomic E-state index is -3.84. The van der Waals surface area contributed by atoms with E-state index in [1.165, 1.54) is 0 Å². The fraction of sp³-hybridized carbons (Fsp3) is 0.318. The van der Waals surface area contributed by atoms with Gasteiger partial charge in [0.1, 0.15) is 0 Å². The van der Waals surface area contributed by atoms with Crippen molar-refractivity contribution in [2.24, 2.45) is 0 Å². The second-order valence-electron chi connectivity index (χ2n) is 7.47. The van der Waals surface area contributed by atoms with E-state index in [-0.39, 0.29) is 28.0 Å². The summed E-state index contributed by atoms with van der Waals surface area (Å²) >= 11 is 0. The van der Waals surface area contributed by atoms with Crippen LogP contribution in [-0.4, -0.2) is 38.7 Å². The molecule has 6 nitrogen and oxygen atoms in total. The third kappa shape index (κ3) is 3.93. The zero-order chi connectivity index (χ0) is 20.6. The predicted octanol–water partition coefficient (Wildman–Crippen LogP) is 4.10. The Morgan fingerprint density at radius 2 is 1.59 bits per heavy atom. The van der Waals surface area contributed by atoms with Crippen molar-refractivity contribution in [3.63, 3.8) is 0 Å². The number of benzene rings is 2. The summed E-state index contributed by atoms with van der Waals surface area (Å²) in [7, 11) is -3.84. The van der Waals surface area contributed by atoms with Crippen molar-refractivity contribution in [1.82, 2.24) is 4.98 Å². The van der Waals surface area contributed by atoms with Gasteiger partial charge in [0.2, 0.25) is 26.6 Å². The first kappa shape index (κ1) is 19.7. The van der Waals surface area contributed by atoms with Gasteiger partial charge in [-0.3, -0.25) is 0 Å². The van der Waals surface area contributed by atoms with Gasteiger partial charge in [0.25, 0.3) is 0 Å². The van der Waals surface area contributed by atoms with Crippen LogP contribution in [0.4, 0.5) is 5.88 Å². The van der Waals surface area contributed by atoms with E-state index in [4.69, 9.17) is 9.15 Å². The lowest BCUT2D eigenvalue weighted by Crippen LogP contribution is -2.45. The van der Waals surface area contributed by atoms with Gasteiger partial charge in [0, 0.05) is 18.7 Å². The van der Waals surface area contributed by atoms with E-state index in [9.17, 15) is 8.42 Å². The molecule has 0 unspecified atom stereocenters. The number of anilines is 1. The number of nitrogens with zero attached hydrogens (tertiary/aromatic N) is 2. The molecule has 1 aliphatic heterocycles. The number of ether oxygens (including phenoxy) is 1. The molecule has 0 N–H and O–H groups in total. The van der Waals surface area contributed by atoms with Gasteiger partial charge in [0.15, 0.2) is 0 Å². The van der Waals surface area contributed by atoms with Crippen LogP contribution in [0.5, 0.6) is 0 Å². The van der Waals surface area contributed by atoms with Crippen molar-refractivity contribution in [2.75, 3.05) is 18.0 Å². The van der Waals surface area contributed by atoms with Crippen LogP contribution >= 0.6 is 0 Å². The Kier molecular flexibility index (Phi) is 5.19. The summed E-state index contributed by atoms with van der Waals surface area (Å²) in [6.45, 7) is 6.98. The number of sulfone groups is 1. The molecule has 0 amide bonds. The molecule has 2 atom stereocenters. The second kappa shape index (κ2) is 7.65. The highest BCUT2D eigenvalue weighted by Crippen LogP contribution is 2.36. The molecule has 0 bridgehead atoms. The lowest BCUT2D eigenvalue weighted by Gasteiger charge is -2.35. The van der Waals surface area contributed by atoms with Crippen LogP contribution in [0, 0.1) is 6.92 Å². The SMILES string of the molecule is Cc1ccc(-c2nc(S(=O)(=O)c3ccccc3)c(N3C[C@@H](C)O[C@@H](C)C3)o2)cc1. The Balaban J connectivity index is 1.85. The number of hydrogen-bond acceptors (Lipinski definition) is 6. The highest BCUT2D eigenvalue weighted by atomic mass is 32.2. The summed E-state index contributed by atoms with van der Waals surface area (Å²) < 4.78 is 38.6. The van der Waals surface area contributed by atoms with Gasteiger partial charge in [-0.2, -0.15) is 4.98 Å². The van der Waals surface area contributed by atoms with Crippen molar-refractivity contribution in [3.8, 4) is 11.5 Å². The topological polar surface area (TPSA) is 72.6 Å². The second-order valence-corrected chi connectivity index (χ2v) is 9.34. The van der Waals surface area contributed by atoms with E-state index in [1.54, 1.807) is 30.3 Å². The molecule has 2 heterocycles.